The molecule has 4 atom stereocenters. The first-order chi connectivity index (χ1) is 9.22. The van der Waals surface area contributed by atoms with Gasteiger partial charge in [-0.05, 0) is 24.8 Å². The molecule has 1 saturated heterocycles. The van der Waals surface area contributed by atoms with Crippen molar-refractivity contribution in [3.05, 3.63) is 0 Å². The van der Waals surface area contributed by atoms with Crippen LogP contribution in [0.4, 0.5) is 0 Å². The Kier molecular flexibility index (Phi) is 5.25. The van der Waals surface area contributed by atoms with Crippen LogP contribution in [0.2, 0.25) is 0 Å². The van der Waals surface area contributed by atoms with Gasteiger partial charge in [0.2, 0.25) is 15.5 Å². The molecule has 1 heterocycles. The zero-order chi connectivity index (χ0) is 15.1. The van der Waals surface area contributed by atoms with E-state index in [0.29, 0.717) is 24.8 Å². The Bertz CT molecular complexity index is 423. The molecule has 5 nitrogen and oxygen atoms in total. The van der Waals surface area contributed by atoms with Crippen molar-refractivity contribution < 1.29 is 14.3 Å². The number of rotatable bonds is 5. The summed E-state index contributed by atoms with van der Waals surface area (Å²) in [5.41, 5.74) is 5.33. The summed E-state index contributed by atoms with van der Waals surface area (Å²) in [6, 6.07) is 0. The Hall–Kier alpha value is 0.410. The average molecular weight is 382 g/mol. The van der Waals surface area contributed by atoms with Crippen molar-refractivity contribution in [3.63, 3.8) is 0 Å². The van der Waals surface area contributed by atoms with E-state index in [2.05, 4.69) is 4.72 Å². The fourth-order valence-electron chi connectivity index (χ4n) is 2.27. The zero-order valence-corrected chi connectivity index (χ0v) is 13.9. The van der Waals surface area contributed by atoms with E-state index < -0.39 is 26.2 Å². The van der Waals surface area contributed by atoms with Crippen molar-refractivity contribution in [1.82, 2.24) is 4.72 Å². The van der Waals surface area contributed by atoms with Gasteiger partial charge in [-0.15, -0.1) is 23.2 Å². The molecule has 0 radical (unpaired) electrons. The summed E-state index contributed by atoms with van der Waals surface area (Å²) < 4.78 is 6.24. The number of carbonyl (C=O) groups excluding carboxylic acids is 2. The van der Waals surface area contributed by atoms with Crippen molar-refractivity contribution in [3.8, 4) is 0 Å². The summed E-state index contributed by atoms with van der Waals surface area (Å²) in [5, 5.41) is 0. The Morgan fingerprint density at radius 1 is 1.25 bits per heavy atom. The predicted octanol–water partition coefficient (Wildman–Crippen LogP) is 1.96. The lowest BCUT2D eigenvalue weighted by molar-refractivity contribution is -0.133. The molecule has 3 N–H and O–H groups in total. The lowest BCUT2D eigenvalue weighted by Gasteiger charge is -2.27. The molecule has 1 saturated carbocycles. The molecule has 2 amide bonds. The van der Waals surface area contributed by atoms with Crippen LogP contribution in [0.3, 0.4) is 0 Å². The van der Waals surface area contributed by atoms with Crippen LogP contribution in [0.1, 0.15) is 12.8 Å². The van der Waals surface area contributed by atoms with Crippen LogP contribution < -0.4 is 10.5 Å². The van der Waals surface area contributed by atoms with Crippen LogP contribution in [-0.4, -0.2) is 32.5 Å². The molecule has 0 aromatic heterocycles. The number of amides is 2. The van der Waals surface area contributed by atoms with Crippen molar-refractivity contribution >= 4 is 70.2 Å². The highest BCUT2D eigenvalue weighted by atomic mass is 35.5. The zero-order valence-electron chi connectivity index (χ0n) is 10.0. The van der Waals surface area contributed by atoms with E-state index in [1.165, 1.54) is 0 Å². The fourth-order valence-corrected chi connectivity index (χ4v) is 3.24. The van der Waals surface area contributed by atoms with Gasteiger partial charge in [-0.2, -0.15) is 0 Å². The summed E-state index contributed by atoms with van der Waals surface area (Å²) in [6.07, 6.45) is 0.979. The van der Waals surface area contributed by atoms with Gasteiger partial charge in [-0.3, -0.25) is 14.3 Å². The van der Waals surface area contributed by atoms with Gasteiger partial charge in [0, 0.05) is 0 Å². The molecule has 2 fully saturated rings. The minimum Gasteiger partial charge on any atom is -0.370 e. The first kappa shape index (κ1) is 16.8. The minimum absolute atomic E-state index is 0.0249. The summed E-state index contributed by atoms with van der Waals surface area (Å²) in [6.45, 7) is 0. The van der Waals surface area contributed by atoms with Crippen LogP contribution in [-0.2, 0) is 14.3 Å². The number of alkyl halides is 4. The third-order valence-electron chi connectivity index (χ3n) is 3.39. The van der Waals surface area contributed by atoms with Gasteiger partial charge < -0.3 is 10.5 Å². The average Bonchev–Trinajstić information content (AvgIpc) is 3.12. The van der Waals surface area contributed by atoms with Crippen molar-refractivity contribution in [2.45, 2.75) is 33.6 Å². The highest BCUT2D eigenvalue weighted by Gasteiger charge is 2.52. The summed E-state index contributed by atoms with van der Waals surface area (Å²) >= 11 is 23.5. The van der Waals surface area contributed by atoms with E-state index in [1.807, 2.05) is 0 Å². The lowest BCUT2D eigenvalue weighted by atomic mass is 9.78. The summed E-state index contributed by atoms with van der Waals surface area (Å²) in [4.78, 5) is 22.5. The molecule has 10 heteroatoms. The molecular weight excluding hydrogens is 370 g/mol. The number of ether oxygens (including phenoxy) is 1. The number of primary amides is 1. The standard InChI is InChI=1S/C10H12Cl4N2O3S/c11-9(12)10(13,14)20-16-8(18)4-2-6-5(19-6)1-3(4)7(15)17/h3-6,9H,1-2H2,(H2,15,17)(H,16,18). The largest absolute Gasteiger partial charge is 0.370 e. The van der Waals surface area contributed by atoms with E-state index in [-0.39, 0.29) is 18.1 Å². The van der Waals surface area contributed by atoms with Crippen LogP contribution >= 0.6 is 58.4 Å². The molecule has 1 aliphatic carbocycles. The van der Waals surface area contributed by atoms with Gasteiger partial charge in [-0.1, -0.05) is 23.2 Å². The molecule has 0 bridgehead atoms. The predicted molar refractivity (Wildman–Crippen MR) is 79.7 cm³/mol. The Balaban J connectivity index is 1.95. The molecule has 0 spiro atoms. The van der Waals surface area contributed by atoms with E-state index in [9.17, 15) is 9.59 Å². The molecule has 4 unspecified atom stereocenters. The number of epoxide rings is 1. The van der Waals surface area contributed by atoms with Gasteiger partial charge in [-0.25, -0.2) is 0 Å². The Morgan fingerprint density at radius 2 is 1.80 bits per heavy atom. The maximum atomic E-state index is 12.1. The van der Waals surface area contributed by atoms with Crippen molar-refractivity contribution in [2.75, 3.05) is 0 Å². The van der Waals surface area contributed by atoms with Gasteiger partial charge in [0.1, 0.15) is 0 Å². The molecule has 20 heavy (non-hydrogen) atoms. The number of halogens is 4. The van der Waals surface area contributed by atoms with E-state index >= 15 is 0 Å². The SMILES string of the molecule is NC(=O)C1CC2OC2CC1C(=O)NSC(Cl)(Cl)C(Cl)Cl. The van der Waals surface area contributed by atoms with E-state index in [4.69, 9.17) is 56.9 Å². The van der Waals surface area contributed by atoms with Crippen LogP contribution in [0.5, 0.6) is 0 Å². The third-order valence-corrected chi connectivity index (χ3v) is 6.46. The first-order valence-corrected chi connectivity index (χ1v) is 8.25. The van der Waals surface area contributed by atoms with Crippen LogP contribution in [0.25, 0.3) is 0 Å². The molecule has 0 aromatic rings. The Morgan fingerprint density at radius 3 is 2.30 bits per heavy atom. The van der Waals surface area contributed by atoms with Gasteiger partial charge in [0.05, 0.1) is 24.0 Å². The maximum absolute atomic E-state index is 12.1. The third kappa shape index (κ3) is 3.78. The number of fused-ring (bicyclic) bond motifs is 1. The number of hydrogen-bond acceptors (Lipinski definition) is 4. The molecule has 0 aromatic carbocycles. The molecule has 2 aliphatic rings. The van der Waals surface area contributed by atoms with E-state index in [0.717, 1.165) is 0 Å². The topological polar surface area (TPSA) is 84.7 Å². The smallest absolute Gasteiger partial charge is 0.233 e. The van der Waals surface area contributed by atoms with Crippen LogP contribution in [0.15, 0.2) is 0 Å². The summed E-state index contributed by atoms with van der Waals surface area (Å²) in [7, 11) is 0. The summed E-state index contributed by atoms with van der Waals surface area (Å²) in [5.74, 6) is -2.01. The molecule has 2 rings (SSSR count). The van der Waals surface area contributed by atoms with Crippen molar-refractivity contribution in [1.29, 1.82) is 0 Å². The second kappa shape index (κ2) is 6.26. The molecule has 1 aliphatic heterocycles. The van der Waals surface area contributed by atoms with Crippen LogP contribution in [0, 0.1) is 11.8 Å². The quantitative estimate of drug-likeness (QED) is 0.433. The van der Waals surface area contributed by atoms with Gasteiger partial charge >= 0.3 is 0 Å². The number of hydrogen-bond donors (Lipinski definition) is 2. The normalized spacial score (nSPS) is 32.6. The van der Waals surface area contributed by atoms with Crippen molar-refractivity contribution in [2.24, 2.45) is 17.6 Å². The van der Waals surface area contributed by atoms with Gasteiger partial charge in [0.25, 0.3) is 0 Å². The second-order valence-corrected chi connectivity index (χ2v) is 8.71. The minimum atomic E-state index is -1.58. The molecule has 114 valence electrons. The highest BCUT2D eigenvalue weighted by Crippen LogP contribution is 2.44. The molecular formula is C10H12Cl4N2O3S. The number of carbonyl (C=O) groups is 2. The van der Waals surface area contributed by atoms with E-state index in [1.54, 1.807) is 0 Å². The maximum Gasteiger partial charge on any atom is 0.233 e. The van der Waals surface area contributed by atoms with Gasteiger partial charge in [0.15, 0.2) is 4.84 Å². The Labute approximate surface area is 140 Å². The first-order valence-electron chi connectivity index (χ1n) is 5.81. The second-order valence-electron chi connectivity index (χ2n) is 4.73. The fraction of sp³-hybridized carbons (Fsp3) is 0.800. The number of nitrogens with one attached hydrogen (secondary N) is 1. The lowest BCUT2D eigenvalue weighted by Crippen LogP contribution is -2.43. The monoisotopic (exact) mass is 380 g/mol. The number of nitrogens with two attached hydrogens (primary N) is 1. The highest BCUT2D eigenvalue weighted by molar-refractivity contribution is 8.02.